The molecule has 2 aliphatic heterocycles. The van der Waals surface area contributed by atoms with Crippen molar-refractivity contribution in [2.45, 2.75) is 90.3 Å². The van der Waals surface area contributed by atoms with Gasteiger partial charge in [-0.1, -0.05) is 0 Å². The molecule has 2 saturated heterocycles. The van der Waals surface area contributed by atoms with Crippen molar-refractivity contribution in [3.05, 3.63) is 41.6 Å². The number of aromatic nitrogens is 3. The van der Waals surface area contributed by atoms with Crippen molar-refractivity contribution in [2.24, 2.45) is 0 Å². The van der Waals surface area contributed by atoms with Crippen molar-refractivity contribution in [1.82, 2.24) is 24.6 Å². The predicted octanol–water partition coefficient (Wildman–Crippen LogP) is 6.72. The van der Waals surface area contributed by atoms with Crippen molar-refractivity contribution >= 4 is 11.0 Å². The van der Waals surface area contributed by atoms with E-state index in [4.69, 9.17) is 24.3 Å². The minimum atomic E-state index is -4.18. The van der Waals surface area contributed by atoms with Gasteiger partial charge in [0.2, 0.25) is 0 Å². The number of rotatable bonds is 9. The van der Waals surface area contributed by atoms with Crippen molar-refractivity contribution in [3.63, 3.8) is 0 Å². The van der Waals surface area contributed by atoms with Crippen LogP contribution in [0.2, 0.25) is 0 Å². The molecular formula is C32H44F3N5O3. The molecule has 0 saturated carbocycles. The largest absolute Gasteiger partial charge is 0.468 e. The lowest BCUT2D eigenvalue weighted by atomic mass is 9.88. The number of piperazine rings is 1. The molecule has 2 fully saturated rings. The first-order valence-corrected chi connectivity index (χ1v) is 15.1. The number of hydrogen-bond donors (Lipinski definition) is 0. The SMILES string of the molecule is COCOc1ccc(-c2cc(CN3CC(C)(C)N(CCC(F)(F)F)CC3(C)C)c3c(C)nn(C4CCCCO4)c3n2)cc1. The van der Waals surface area contributed by atoms with Gasteiger partial charge in [-0.15, -0.1) is 0 Å². The number of pyridine rings is 1. The van der Waals surface area contributed by atoms with E-state index in [9.17, 15) is 13.2 Å². The molecule has 0 amide bonds. The number of benzene rings is 1. The summed E-state index contributed by atoms with van der Waals surface area (Å²) >= 11 is 0. The van der Waals surface area contributed by atoms with E-state index in [1.165, 1.54) is 0 Å². The Morgan fingerprint density at radius 1 is 1.02 bits per heavy atom. The summed E-state index contributed by atoms with van der Waals surface area (Å²) in [4.78, 5) is 9.51. The second kappa shape index (κ2) is 12.3. The van der Waals surface area contributed by atoms with Gasteiger partial charge in [0.1, 0.15) is 5.75 Å². The molecule has 2 aromatic heterocycles. The summed E-state index contributed by atoms with van der Waals surface area (Å²) in [7, 11) is 1.58. The Hall–Kier alpha value is -2.73. The Morgan fingerprint density at radius 2 is 1.72 bits per heavy atom. The lowest BCUT2D eigenvalue weighted by Gasteiger charge is -2.55. The van der Waals surface area contributed by atoms with E-state index >= 15 is 0 Å². The highest BCUT2D eigenvalue weighted by molar-refractivity contribution is 5.85. The Kier molecular flexibility index (Phi) is 9.09. The molecule has 0 aliphatic carbocycles. The van der Waals surface area contributed by atoms with E-state index in [1.807, 2.05) is 54.6 Å². The molecule has 3 aromatic rings. The zero-order valence-corrected chi connectivity index (χ0v) is 26.1. The third-order valence-corrected chi connectivity index (χ3v) is 8.73. The quantitative estimate of drug-likeness (QED) is 0.252. The average molecular weight is 604 g/mol. The van der Waals surface area contributed by atoms with Gasteiger partial charge < -0.3 is 14.2 Å². The lowest BCUT2D eigenvalue weighted by Crippen LogP contribution is -2.67. The van der Waals surface area contributed by atoms with Crippen LogP contribution in [0.3, 0.4) is 0 Å². The summed E-state index contributed by atoms with van der Waals surface area (Å²) in [6, 6.07) is 9.91. The molecule has 1 unspecified atom stereocenters. The first-order chi connectivity index (χ1) is 20.3. The average Bonchev–Trinajstić information content (AvgIpc) is 3.29. The molecule has 1 atom stereocenters. The summed E-state index contributed by atoms with van der Waals surface area (Å²) in [6.07, 6.45) is -2.16. The smallest absolute Gasteiger partial charge is 0.390 e. The highest BCUT2D eigenvalue weighted by Crippen LogP contribution is 2.37. The van der Waals surface area contributed by atoms with Crippen LogP contribution in [0.1, 0.15) is 70.9 Å². The van der Waals surface area contributed by atoms with Crippen LogP contribution < -0.4 is 4.74 Å². The van der Waals surface area contributed by atoms with E-state index in [-0.39, 0.29) is 25.1 Å². The number of hydrogen-bond acceptors (Lipinski definition) is 7. The van der Waals surface area contributed by atoms with E-state index in [0.717, 1.165) is 52.8 Å². The van der Waals surface area contributed by atoms with Gasteiger partial charge in [0.25, 0.3) is 0 Å². The van der Waals surface area contributed by atoms with E-state index in [1.54, 1.807) is 7.11 Å². The van der Waals surface area contributed by atoms with Crippen LogP contribution in [-0.4, -0.2) is 82.0 Å². The molecule has 11 heteroatoms. The Balaban J connectivity index is 1.52. The first-order valence-electron chi connectivity index (χ1n) is 15.1. The van der Waals surface area contributed by atoms with Gasteiger partial charge in [-0.3, -0.25) is 9.80 Å². The number of halogens is 3. The van der Waals surface area contributed by atoms with Crippen molar-refractivity contribution in [1.29, 1.82) is 0 Å². The fourth-order valence-corrected chi connectivity index (χ4v) is 6.32. The zero-order valence-electron chi connectivity index (χ0n) is 26.1. The monoisotopic (exact) mass is 603 g/mol. The topological polar surface area (TPSA) is 64.9 Å². The Labute approximate surface area is 252 Å². The summed E-state index contributed by atoms with van der Waals surface area (Å²) in [5.41, 5.74) is 3.75. The molecule has 5 rings (SSSR count). The molecule has 43 heavy (non-hydrogen) atoms. The Morgan fingerprint density at radius 3 is 2.37 bits per heavy atom. The van der Waals surface area contributed by atoms with Crippen molar-refractivity contribution in [2.75, 3.05) is 40.1 Å². The number of alkyl halides is 3. The van der Waals surface area contributed by atoms with Crippen LogP contribution in [0.5, 0.6) is 5.75 Å². The van der Waals surface area contributed by atoms with Gasteiger partial charge >= 0.3 is 6.18 Å². The fraction of sp³-hybridized carbons (Fsp3) is 0.625. The molecule has 0 bridgehead atoms. The summed E-state index contributed by atoms with van der Waals surface area (Å²) in [5.74, 6) is 0.704. The minimum absolute atomic E-state index is 0.00518. The maximum Gasteiger partial charge on any atom is 0.390 e. The second-order valence-corrected chi connectivity index (χ2v) is 13.1. The third kappa shape index (κ3) is 7.16. The maximum absolute atomic E-state index is 13.1. The highest BCUT2D eigenvalue weighted by atomic mass is 19.4. The molecular weight excluding hydrogens is 559 g/mol. The fourth-order valence-electron chi connectivity index (χ4n) is 6.32. The molecule has 0 radical (unpaired) electrons. The molecule has 4 heterocycles. The zero-order chi connectivity index (χ0) is 31.0. The summed E-state index contributed by atoms with van der Waals surface area (Å²) < 4.78 is 58.0. The van der Waals surface area contributed by atoms with Gasteiger partial charge in [-0.2, -0.15) is 18.3 Å². The first kappa shape index (κ1) is 31.7. The number of nitrogens with zero attached hydrogens (tertiary/aromatic N) is 5. The molecule has 236 valence electrons. The molecule has 1 aromatic carbocycles. The van der Waals surface area contributed by atoms with Gasteiger partial charge in [-0.25, -0.2) is 9.67 Å². The van der Waals surface area contributed by atoms with Crippen LogP contribution >= 0.6 is 0 Å². The number of ether oxygens (including phenoxy) is 3. The molecule has 2 aliphatic rings. The van der Waals surface area contributed by atoms with Gasteiger partial charge in [0, 0.05) is 61.9 Å². The lowest BCUT2D eigenvalue weighted by molar-refractivity contribution is -0.148. The number of fused-ring (bicyclic) bond motifs is 1. The standard InChI is InChI=1S/C32H44F3N5O3/c1-22-28-24(18-39-20-30(2,3)38(19-31(39,4)5)15-14-32(33,34)35)17-26(23-10-12-25(13-11-23)43-21-41-6)36-29(28)40(37-22)27-9-7-8-16-42-27/h10-13,17,27H,7-9,14-16,18-21H2,1-6H3. The predicted molar refractivity (Wildman–Crippen MR) is 160 cm³/mol. The number of methoxy groups -OCH3 is 1. The number of aryl methyl sites for hydroxylation is 1. The second-order valence-electron chi connectivity index (χ2n) is 13.1. The van der Waals surface area contributed by atoms with Crippen LogP contribution in [0.15, 0.2) is 30.3 Å². The Bertz CT molecular complexity index is 1400. The van der Waals surface area contributed by atoms with Gasteiger partial charge in [-0.05, 0) is 89.8 Å². The summed E-state index contributed by atoms with van der Waals surface area (Å²) in [6.45, 7) is 13.0. The highest BCUT2D eigenvalue weighted by Gasteiger charge is 2.44. The van der Waals surface area contributed by atoms with Crippen molar-refractivity contribution in [3.8, 4) is 17.0 Å². The van der Waals surface area contributed by atoms with Crippen molar-refractivity contribution < 1.29 is 27.4 Å². The van der Waals surface area contributed by atoms with Gasteiger partial charge in [0.15, 0.2) is 18.7 Å². The van der Waals surface area contributed by atoms with Crippen LogP contribution in [0.4, 0.5) is 13.2 Å². The van der Waals surface area contributed by atoms with Gasteiger partial charge in [0.05, 0.1) is 17.8 Å². The third-order valence-electron chi connectivity index (χ3n) is 8.73. The van der Waals surface area contributed by atoms with E-state index < -0.39 is 18.1 Å². The normalized spacial score (nSPS) is 21.4. The minimum Gasteiger partial charge on any atom is -0.468 e. The van der Waals surface area contributed by atoms with Crippen LogP contribution in [0, 0.1) is 6.92 Å². The maximum atomic E-state index is 13.1. The molecule has 0 spiro atoms. The van der Waals surface area contributed by atoms with E-state index in [0.29, 0.717) is 32.0 Å². The van der Waals surface area contributed by atoms with E-state index in [2.05, 4.69) is 24.8 Å². The van der Waals surface area contributed by atoms with Crippen LogP contribution in [0.25, 0.3) is 22.3 Å². The molecule has 0 N–H and O–H groups in total. The van der Waals surface area contributed by atoms with Crippen LogP contribution in [-0.2, 0) is 16.0 Å². The molecule has 8 nitrogen and oxygen atoms in total. The summed E-state index contributed by atoms with van der Waals surface area (Å²) in [5, 5.41) is 5.94.